The van der Waals surface area contributed by atoms with Gasteiger partial charge < -0.3 is 19.1 Å². The van der Waals surface area contributed by atoms with Crippen LogP contribution < -0.4 is 29.3 Å². The molecule has 1 aromatic heterocycles. The van der Waals surface area contributed by atoms with E-state index < -0.39 is 12.0 Å². The van der Waals surface area contributed by atoms with Crippen molar-refractivity contribution in [3.05, 3.63) is 84.5 Å². The molecular formula is C27H29N3O5S. The average molecular weight is 508 g/mol. The van der Waals surface area contributed by atoms with Crippen LogP contribution >= 0.6 is 11.3 Å². The number of esters is 1. The van der Waals surface area contributed by atoms with Crippen LogP contribution in [-0.2, 0) is 9.53 Å². The van der Waals surface area contributed by atoms with E-state index in [9.17, 15) is 9.59 Å². The fourth-order valence-electron chi connectivity index (χ4n) is 4.15. The molecule has 0 aliphatic carbocycles. The maximum absolute atomic E-state index is 13.8. The summed E-state index contributed by atoms with van der Waals surface area (Å²) >= 11 is 1.28. The lowest BCUT2D eigenvalue weighted by Crippen LogP contribution is -2.40. The van der Waals surface area contributed by atoms with E-state index in [0.717, 1.165) is 11.3 Å². The van der Waals surface area contributed by atoms with Gasteiger partial charge >= 0.3 is 5.97 Å². The molecule has 0 bridgehead atoms. The molecule has 1 aliphatic rings. The van der Waals surface area contributed by atoms with Crippen LogP contribution in [-0.4, -0.2) is 45.5 Å². The molecule has 0 saturated heterocycles. The van der Waals surface area contributed by atoms with Crippen LogP contribution in [0, 0.1) is 0 Å². The topological polar surface area (TPSA) is 82.4 Å². The molecule has 36 heavy (non-hydrogen) atoms. The standard InChI is InChI=1S/C27H29N3O5S/c1-7-35-26(32)23-16(2)28-27-30(24(23)20-13-12-19(33-5)15-21(20)34-6)25(31)22(36-27)14-17-8-10-18(11-9-17)29(3)4/h8-15,24H,7H2,1-6H3/b22-14-/t24-/m1/s1. The van der Waals surface area contributed by atoms with Gasteiger partial charge in [0.05, 0.1) is 36.6 Å². The maximum atomic E-state index is 13.8. The number of benzene rings is 2. The first-order valence-electron chi connectivity index (χ1n) is 11.5. The van der Waals surface area contributed by atoms with E-state index in [1.165, 1.54) is 11.3 Å². The van der Waals surface area contributed by atoms with Crippen LogP contribution in [0.4, 0.5) is 5.69 Å². The summed E-state index contributed by atoms with van der Waals surface area (Å²) in [4.78, 5) is 34.0. The number of nitrogens with zero attached hydrogens (tertiary/aromatic N) is 3. The Bertz CT molecular complexity index is 1500. The van der Waals surface area contributed by atoms with Gasteiger partial charge in [-0.25, -0.2) is 9.79 Å². The third-order valence-corrected chi connectivity index (χ3v) is 6.94. The van der Waals surface area contributed by atoms with Crippen molar-refractivity contribution in [1.29, 1.82) is 0 Å². The lowest BCUT2D eigenvalue weighted by Gasteiger charge is -2.26. The quantitative estimate of drug-likeness (QED) is 0.458. The van der Waals surface area contributed by atoms with E-state index in [1.54, 1.807) is 50.8 Å². The normalized spacial score (nSPS) is 15.3. The van der Waals surface area contributed by atoms with Crippen LogP contribution in [0.2, 0.25) is 0 Å². The first kappa shape index (κ1) is 25.2. The van der Waals surface area contributed by atoms with Gasteiger partial charge in [0, 0.05) is 31.4 Å². The minimum Gasteiger partial charge on any atom is -0.497 e. The summed E-state index contributed by atoms with van der Waals surface area (Å²) in [5.74, 6) is 0.572. The molecular weight excluding hydrogens is 478 g/mol. The molecule has 2 heterocycles. The second kappa shape index (κ2) is 10.4. The fourth-order valence-corrected chi connectivity index (χ4v) is 5.20. The van der Waals surface area contributed by atoms with Gasteiger partial charge in [0.15, 0.2) is 4.80 Å². The Morgan fingerprint density at radius 2 is 1.86 bits per heavy atom. The molecule has 9 heteroatoms. The molecule has 0 radical (unpaired) electrons. The number of hydrogen-bond acceptors (Lipinski definition) is 8. The van der Waals surface area contributed by atoms with E-state index in [4.69, 9.17) is 14.2 Å². The predicted molar refractivity (Wildman–Crippen MR) is 141 cm³/mol. The predicted octanol–water partition coefficient (Wildman–Crippen LogP) is 2.88. The molecule has 188 valence electrons. The van der Waals surface area contributed by atoms with Crippen molar-refractivity contribution in [2.75, 3.05) is 39.8 Å². The fraction of sp³-hybridized carbons (Fsp3) is 0.296. The Kier molecular flexibility index (Phi) is 7.30. The van der Waals surface area contributed by atoms with Gasteiger partial charge in [0.2, 0.25) is 0 Å². The van der Waals surface area contributed by atoms with Gasteiger partial charge in [0.1, 0.15) is 17.5 Å². The lowest BCUT2D eigenvalue weighted by molar-refractivity contribution is -0.139. The molecule has 4 rings (SSSR count). The summed E-state index contributed by atoms with van der Waals surface area (Å²) < 4.78 is 18.4. The molecule has 1 aliphatic heterocycles. The van der Waals surface area contributed by atoms with E-state index in [1.807, 2.05) is 49.3 Å². The Labute approximate surface area is 213 Å². The Morgan fingerprint density at radius 3 is 2.47 bits per heavy atom. The monoisotopic (exact) mass is 507 g/mol. The Morgan fingerprint density at radius 1 is 1.14 bits per heavy atom. The number of carbonyl (C=O) groups excluding carboxylic acids is 1. The number of fused-ring (bicyclic) bond motifs is 1. The van der Waals surface area contributed by atoms with Crippen LogP contribution in [0.3, 0.4) is 0 Å². The van der Waals surface area contributed by atoms with Crippen molar-refractivity contribution in [1.82, 2.24) is 4.57 Å². The van der Waals surface area contributed by atoms with Gasteiger partial charge in [-0.3, -0.25) is 9.36 Å². The number of anilines is 1. The zero-order valence-corrected chi connectivity index (χ0v) is 22.0. The number of carbonyl (C=O) groups is 1. The highest BCUT2D eigenvalue weighted by atomic mass is 32.1. The minimum absolute atomic E-state index is 0.204. The Hall–Kier alpha value is -3.85. The van der Waals surface area contributed by atoms with Gasteiger partial charge in [-0.15, -0.1) is 0 Å². The second-order valence-corrected chi connectivity index (χ2v) is 9.41. The number of aromatic nitrogens is 1. The highest BCUT2D eigenvalue weighted by molar-refractivity contribution is 7.07. The lowest BCUT2D eigenvalue weighted by atomic mass is 9.95. The van der Waals surface area contributed by atoms with Gasteiger partial charge in [-0.05, 0) is 49.8 Å². The van der Waals surface area contributed by atoms with Gasteiger partial charge in [-0.2, -0.15) is 0 Å². The molecule has 2 aromatic carbocycles. The first-order chi connectivity index (χ1) is 17.3. The molecule has 3 aromatic rings. The third kappa shape index (κ3) is 4.66. The van der Waals surface area contributed by atoms with Crippen molar-refractivity contribution in [2.45, 2.75) is 19.9 Å². The highest BCUT2D eigenvalue weighted by Gasteiger charge is 2.35. The average Bonchev–Trinajstić information content (AvgIpc) is 3.17. The zero-order valence-electron chi connectivity index (χ0n) is 21.2. The number of rotatable bonds is 7. The molecule has 0 unspecified atom stereocenters. The van der Waals surface area contributed by atoms with Crippen LogP contribution in [0.25, 0.3) is 6.08 Å². The molecule has 0 amide bonds. The highest BCUT2D eigenvalue weighted by Crippen LogP contribution is 2.37. The first-order valence-corrected chi connectivity index (χ1v) is 12.3. The summed E-state index contributed by atoms with van der Waals surface area (Å²) in [6, 6.07) is 12.5. The summed E-state index contributed by atoms with van der Waals surface area (Å²) in [6.45, 7) is 3.70. The van der Waals surface area contributed by atoms with E-state index in [2.05, 4.69) is 4.99 Å². The second-order valence-electron chi connectivity index (χ2n) is 8.40. The summed E-state index contributed by atoms with van der Waals surface area (Å²) in [5.41, 5.74) is 3.15. The van der Waals surface area contributed by atoms with Crippen LogP contribution in [0.5, 0.6) is 11.5 Å². The van der Waals surface area contributed by atoms with Crippen molar-refractivity contribution in [3.8, 4) is 11.5 Å². The number of allylic oxidation sites excluding steroid dienone is 1. The number of methoxy groups -OCH3 is 2. The summed E-state index contributed by atoms with van der Waals surface area (Å²) in [7, 11) is 7.06. The van der Waals surface area contributed by atoms with E-state index >= 15 is 0 Å². The third-order valence-electron chi connectivity index (χ3n) is 5.96. The summed E-state index contributed by atoms with van der Waals surface area (Å²) in [6.07, 6.45) is 1.84. The zero-order chi connectivity index (χ0) is 26.0. The van der Waals surface area contributed by atoms with Crippen molar-refractivity contribution in [3.63, 3.8) is 0 Å². The Balaban J connectivity index is 1.94. The summed E-state index contributed by atoms with van der Waals surface area (Å²) in [5, 5.41) is 0. The van der Waals surface area contributed by atoms with Crippen LogP contribution in [0.15, 0.2) is 63.5 Å². The van der Waals surface area contributed by atoms with Gasteiger partial charge in [0.25, 0.3) is 5.56 Å². The smallest absolute Gasteiger partial charge is 0.338 e. The van der Waals surface area contributed by atoms with Crippen molar-refractivity contribution >= 4 is 29.1 Å². The molecule has 8 nitrogen and oxygen atoms in total. The van der Waals surface area contributed by atoms with Crippen molar-refractivity contribution in [2.24, 2.45) is 4.99 Å². The molecule has 0 saturated carbocycles. The molecule has 1 atom stereocenters. The number of hydrogen-bond donors (Lipinski definition) is 0. The molecule has 0 fully saturated rings. The molecule has 0 spiro atoms. The minimum atomic E-state index is -0.764. The largest absolute Gasteiger partial charge is 0.497 e. The number of ether oxygens (including phenoxy) is 3. The van der Waals surface area contributed by atoms with Crippen molar-refractivity contribution < 1.29 is 19.0 Å². The molecule has 0 N–H and O–H groups in total. The SMILES string of the molecule is CCOC(=O)C1=C(C)N=c2s/c(=C\c3ccc(N(C)C)cc3)c(=O)n2[C@@H]1c1ccc(OC)cc1OC. The van der Waals surface area contributed by atoms with Gasteiger partial charge in [-0.1, -0.05) is 23.5 Å². The number of thiazole rings is 1. The van der Waals surface area contributed by atoms with Crippen LogP contribution in [0.1, 0.15) is 31.0 Å². The van der Waals surface area contributed by atoms with E-state index in [-0.39, 0.29) is 12.2 Å². The maximum Gasteiger partial charge on any atom is 0.338 e. The van der Waals surface area contributed by atoms with E-state index in [0.29, 0.717) is 37.7 Å².